The molecule has 3 nitrogen and oxygen atoms in total. The number of ether oxygens (including phenoxy) is 1. The Bertz CT molecular complexity index is 263. The Morgan fingerprint density at radius 1 is 1.50 bits per heavy atom. The lowest BCUT2D eigenvalue weighted by Crippen LogP contribution is -2.06. The van der Waals surface area contributed by atoms with Crippen molar-refractivity contribution >= 4 is 5.69 Å². The number of aromatic nitrogens is 1. The Morgan fingerprint density at radius 2 is 2.36 bits per heavy atom. The average Bonchev–Trinajstić information content (AvgIpc) is 2.20. The van der Waals surface area contributed by atoms with Crippen LogP contribution in [0.1, 0.15) is 18.9 Å². The molecule has 0 aromatic carbocycles. The molecule has 0 amide bonds. The molecule has 0 saturated heterocycles. The smallest absolute Gasteiger partial charge is 0.0482 e. The van der Waals surface area contributed by atoms with E-state index < -0.39 is 0 Å². The predicted octanol–water partition coefficient (Wildman–Crippen LogP) is 2.23. The number of anilines is 1. The lowest BCUT2D eigenvalue weighted by Gasteiger charge is -2.08. The maximum absolute atomic E-state index is 5.25. The summed E-state index contributed by atoms with van der Waals surface area (Å²) in [6.45, 7) is 6.64. The number of aryl methyl sites for hydroxylation is 1. The van der Waals surface area contributed by atoms with E-state index in [-0.39, 0.29) is 0 Å². The lowest BCUT2D eigenvalue weighted by molar-refractivity contribution is 0.147. The summed E-state index contributed by atoms with van der Waals surface area (Å²) in [5.41, 5.74) is 2.35. The SMILES string of the molecule is CCOCCCNc1ccncc1C. The van der Waals surface area contributed by atoms with Crippen molar-refractivity contribution in [2.75, 3.05) is 25.1 Å². The number of nitrogens with zero attached hydrogens (tertiary/aromatic N) is 1. The summed E-state index contributed by atoms with van der Waals surface area (Å²) in [7, 11) is 0. The maximum Gasteiger partial charge on any atom is 0.0482 e. The van der Waals surface area contributed by atoms with Gasteiger partial charge in [0, 0.05) is 37.8 Å². The van der Waals surface area contributed by atoms with E-state index >= 15 is 0 Å². The van der Waals surface area contributed by atoms with E-state index in [1.54, 1.807) is 6.20 Å². The molecule has 0 aliphatic rings. The Hall–Kier alpha value is -1.09. The second kappa shape index (κ2) is 6.38. The van der Waals surface area contributed by atoms with Gasteiger partial charge in [0.25, 0.3) is 0 Å². The molecule has 78 valence electrons. The van der Waals surface area contributed by atoms with Gasteiger partial charge in [-0.1, -0.05) is 0 Å². The van der Waals surface area contributed by atoms with E-state index in [1.807, 2.05) is 19.2 Å². The average molecular weight is 194 g/mol. The molecule has 1 N–H and O–H groups in total. The van der Waals surface area contributed by atoms with Gasteiger partial charge in [-0.2, -0.15) is 0 Å². The van der Waals surface area contributed by atoms with E-state index in [0.29, 0.717) is 0 Å². The van der Waals surface area contributed by atoms with Gasteiger partial charge in [0.2, 0.25) is 0 Å². The molecule has 0 radical (unpaired) electrons. The molecule has 0 atom stereocenters. The standard InChI is InChI=1S/C11H18N2O/c1-3-14-8-4-6-13-11-5-7-12-9-10(11)2/h5,7,9H,3-4,6,8H2,1-2H3,(H,12,13). The van der Waals surface area contributed by atoms with Crippen LogP contribution in [0.5, 0.6) is 0 Å². The molecule has 0 fully saturated rings. The van der Waals surface area contributed by atoms with E-state index in [9.17, 15) is 0 Å². The minimum atomic E-state index is 0.800. The zero-order valence-corrected chi connectivity index (χ0v) is 8.92. The van der Waals surface area contributed by atoms with Crippen LogP contribution in [0.25, 0.3) is 0 Å². The number of nitrogens with one attached hydrogen (secondary N) is 1. The molecule has 1 aromatic rings. The predicted molar refractivity (Wildman–Crippen MR) is 58.6 cm³/mol. The van der Waals surface area contributed by atoms with Gasteiger partial charge in [-0.3, -0.25) is 4.98 Å². The third-order valence-electron chi connectivity index (χ3n) is 2.01. The van der Waals surface area contributed by atoms with Gasteiger partial charge in [-0.15, -0.1) is 0 Å². The van der Waals surface area contributed by atoms with E-state index in [0.717, 1.165) is 31.9 Å². The van der Waals surface area contributed by atoms with E-state index in [2.05, 4.69) is 17.2 Å². The van der Waals surface area contributed by atoms with Crippen LogP contribution >= 0.6 is 0 Å². The fraction of sp³-hybridized carbons (Fsp3) is 0.545. The number of rotatable bonds is 6. The van der Waals surface area contributed by atoms with Crippen molar-refractivity contribution in [2.45, 2.75) is 20.3 Å². The molecule has 0 spiro atoms. The van der Waals surface area contributed by atoms with Gasteiger partial charge in [0.1, 0.15) is 0 Å². The highest BCUT2D eigenvalue weighted by molar-refractivity contribution is 5.48. The molecule has 0 saturated carbocycles. The normalized spacial score (nSPS) is 10.1. The Balaban J connectivity index is 2.21. The number of hydrogen-bond donors (Lipinski definition) is 1. The third kappa shape index (κ3) is 3.75. The third-order valence-corrected chi connectivity index (χ3v) is 2.01. The molecule has 1 rings (SSSR count). The second-order valence-electron chi connectivity index (χ2n) is 3.17. The molecule has 1 heterocycles. The summed E-state index contributed by atoms with van der Waals surface area (Å²) >= 11 is 0. The van der Waals surface area contributed by atoms with Gasteiger partial charge in [0.05, 0.1) is 0 Å². The van der Waals surface area contributed by atoms with Crippen LogP contribution in [0.2, 0.25) is 0 Å². The Kier molecular flexibility index (Phi) is 5.00. The molecule has 0 bridgehead atoms. The van der Waals surface area contributed by atoms with Gasteiger partial charge in [-0.25, -0.2) is 0 Å². The van der Waals surface area contributed by atoms with Crippen molar-refractivity contribution in [1.29, 1.82) is 0 Å². The van der Waals surface area contributed by atoms with Gasteiger partial charge < -0.3 is 10.1 Å². The first-order chi connectivity index (χ1) is 6.84. The Morgan fingerprint density at radius 3 is 3.07 bits per heavy atom. The highest BCUT2D eigenvalue weighted by Crippen LogP contribution is 2.10. The van der Waals surface area contributed by atoms with Crippen LogP contribution < -0.4 is 5.32 Å². The summed E-state index contributed by atoms with van der Waals surface area (Å²) in [6.07, 6.45) is 4.71. The van der Waals surface area contributed by atoms with Gasteiger partial charge in [-0.05, 0) is 31.9 Å². The first-order valence-electron chi connectivity index (χ1n) is 5.07. The summed E-state index contributed by atoms with van der Waals surface area (Å²) < 4.78 is 5.25. The molecule has 14 heavy (non-hydrogen) atoms. The van der Waals surface area contributed by atoms with Crippen molar-refractivity contribution in [3.63, 3.8) is 0 Å². The maximum atomic E-state index is 5.25. The molecular weight excluding hydrogens is 176 g/mol. The van der Waals surface area contributed by atoms with Crippen molar-refractivity contribution in [2.24, 2.45) is 0 Å². The van der Waals surface area contributed by atoms with Crippen LogP contribution in [0, 0.1) is 6.92 Å². The van der Waals surface area contributed by atoms with E-state index in [1.165, 1.54) is 5.56 Å². The highest BCUT2D eigenvalue weighted by atomic mass is 16.5. The zero-order valence-electron chi connectivity index (χ0n) is 8.92. The van der Waals surface area contributed by atoms with Gasteiger partial charge in [0.15, 0.2) is 0 Å². The molecule has 0 aliphatic heterocycles. The van der Waals surface area contributed by atoms with Crippen LogP contribution in [0.15, 0.2) is 18.5 Å². The van der Waals surface area contributed by atoms with Crippen molar-refractivity contribution in [3.05, 3.63) is 24.0 Å². The number of hydrogen-bond acceptors (Lipinski definition) is 3. The second-order valence-corrected chi connectivity index (χ2v) is 3.17. The largest absolute Gasteiger partial charge is 0.385 e. The van der Waals surface area contributed by atoms with Crippen LogP contribution in [-0.2, 0) is 4.74 Å². The fourth-order valence-corrected chi connectivity index (χ4v) is 1.21. The van der Waals surface area contributed by atoms with Crippen LogP contribution in [0.4, 0.5) is 5.69 Å². The lowest BCUT2D eigenvalue weighted by atomic mass is 10.2. The summed E-state index contributed by atoms with van der Waals surface area (Å²) in [5, 5.41) is 3.35. The van der Waals surface area contributed by atoms with Crippen molar-refractivity contribution in [1.82, 2.24) is 4.98 Å². The Labute approximate surface area is 85.5 Å². The van der Waals surface area contributed by atoms with Crippen LogP contribution in [-0.4, -0.2) is 24.7 Å². The molecule has 0 unspecified atom stereocenters. The summed E-state index contributed by atoms with van der Waals surface area (Å²) in [6, 6.07) is 2.00. The van der Waals surface area contributed by atoms with E-state index in [4.69, 9.17) is 4.74 Å². The van der Waals surface area contributed by atoms with Gasteiger partial charge >= 0.3 is 0 Å². The summed E-state index contributed by atoms with van der Waals surface area (Å²) in [5.74, 6) is 0. The fourth-order valence-electron chi connectivity index (χ4n) is 1.21. The number of pyridine rings is 1. The molecule has 1 aromatic heterocycles. The minimum Gasteiger partial charge on any atom is -0.385 e. The zero-order chi connectivity index (χ0) is 10.2. The minimum absolute atomic E-state index is 0.800. The van der Waals surface area contributed by atoms with Crippen LogP contribution in [0.3, 0.4) is 0 Å². The highest BCUT2D eigenvalue weighted by Gasteiger charge is 1.95. The topological polar surface area (TPSA) is 34.1 Å². The molecule has 0 aliphatic carbocycles. The summed E-state index contributed by atoms with van der Waals surface area (Å²) in [4.78, 5) is 4.04. The molecular formula is C11H18N2O. The first-order valence-corrected chi connectivity index (χ1v) is 5.07. The van der Waals surface area contributed by atoms with Crippen molar-refractivity contribution < 1.29 is 4.74 Å². The first kappa shape index (κ1) is 11.0. The molecule has 3 heteroatoms. The monoisotopic (exact) mass is 194 g/mol. The quantitative estimate of drug-likeness (QED) is 0.705. The van der Waals surface area contributed by atoms with Crippen molar-refractivity contribution in [3.8, 4) is 0 Å².